The molecule has 1 aliphatic heterocycles. The highest BCUT2D eigenvalue weighted by Crippen LogP contribution is 2.24. The van der Waals surface area contributed by atoms with Crippen LogP contribution in [0.4, 0.5) is 10.5 Å². The van der Waals surface area contributed by atoms with E-state index in [1.165, 1.54) is 0 Å². The van der Waals surface area contributed by atoms with Gasteiger partial charge in [-0.05, 0) is 40.5 Å². The Kier molecular flexibility index (Phi) is 5.51. The number of carbonyl (C=O) groups is 1. The Morgan fingerprint density at radius 2 is 2.13 bits per heavy atom. The van der Waals surface area contributed by atoms with Crippen LogP contribution in [-0.2, 0) is 4.74 Å². The average molecular weight is 323 g/mol. The molecule has 23 heavy (non-hydrogen) atoms. The van der Waals surface area contributed by atoms with E-state index in [9.17, 15) is 4.79 Å². The molecule has 1 fully saturated rings. The van der Waals surface area contributed by atoms with Crippen LogP contribution in [0, 0.1) is 0 Å². The van der Waals surface area contributed by atoms with Crippen LogP contribution in [-0.4, -0.2) is 52.1 Å². The highest BCUT2D eigenvalue weighted by molar-refractivity contribution is 5.68. The molecule has 2 rings (SSSR count). The topological polar surface area (TPSA) is 85.4 Å². The SMILES string of the molecule is CC(CN)Nc1cnn(C2CCN(C(=O)OC(C)(C)C)CC2)c1. The third-order valence-electron chi connectivity index (χ3n) is 3.86. The minimum atomic E-state index is -0.448. The molecular weight excluding hydrogens is 294 g/mol. The summed E-state index contributed by atoms with van der Waals surface area (Å²) in [7, 11) is 0. The van der Waals surface area contributed by atoms with Crippen molar-refractivity contribution in [3.8, 4) is 0 Å². The van der Waals surface area contributed by atoms with Crippen molar-refractivity contribution >= 4 is 11.8 Å². The fourth-order valence-electron chi connectivity index (χ4n) is 2.60. The van der Waals surface area contributed by atoms with E-state index in [4.69, 9.17) is 10.5 Å². The lowest BCUT2D eigenvalue weighted by atomic mass is 10.1. The minimum absolute atomic E-state index is 0.224. The molecule has 1 atom stereocenters. The van der Waals surface area contributed by atoms with E-state index >= 15 is 0 Å². The number of nitrogens with zero attached hydrogens (tertiary/aromatic N) is 3. The third-order valence-corrected chi connectivity index (χ3v) is 3.86. The number of piperidine rings is 1. The second kappa shape index (κ2) is 7.21. The molecule has 1 saturated heterocycles. The predicted molar refractivity (Wildman–Crippen MR) is 90.4 cm³/mol. The first-order valence-corrected chi connectivity index (χ1v) is 8.27. The van der Waals surface area contributed by atoms with E-state index in [1.54, 1.807) is 4.90 Å². The number of nitrogens with two attached hydrogens (primary N) is 1. The number of carbonyl (C=O) groups excluding carboxylic acids is 1. The van der Waals surface area contributed by atoms with Crippen LogP contribution in [0.25, 0.3) is 0 Å². The van der Waals surface area contributed by atoms with E-state index < -0.39 is 5.60 Å². The van der Waals surface area contributed by atoms with Crippen LogP contribution >= 0.6 is 0 Å². The molecular formula is C16H29N5O2. The van der Waals surface area contributed by atoms with Gasteiger partial charge in [-0.1, -0.05) is 0 Å². The molecule has 7 heteroatoms. The number of hydrogen-bond acceptors (Lipinski definition) is 5. The van der Waals surface area contributed by atoms with Gasteiger partial charge in [0.05, 0.1) is 17.9 Å². The number of anilines is 1. The maximum Gasteiger partial charge on any atom is 0.410 e. The summed E-state index contributed by atoms with van der Waals surface area (Å²) in [6.07, 6.45) is 5.38. The second-order valence-corrected chi connectivity index (χ2v) is 7.19. The van der Waals surface area contributed by atoms with Gasteiger partial charge in [0.2, 0.25) is 0 Å². The number of nitrogens with one attached hydrogen (secondary N) is 1. The Bertz CT molecular complexity index is 515. The van der Waals surface area contributed by atoms with Gasteiger partial charge in [0.25, 0.3) is 0 Å². The fourth-order valence-corrected chi connectivity index (χ4v) is 2.60. The zero-order valence-corrected chi connectivity index (χ0v) is 14.6. The first kappa shape index (κ1) is 17.6. The van der Waals surface area contributed by atoms with Gasteiger partial charge in [-0.25, -0.2) is 4.79 Å². The lowest BCUT2D eigenvalue weighted by Crippen LogP contribution is -2.42. The van der Waals surface area contributed by atoms with Gasteiger partial charge < -0.3 is 20.7 Å². The molecule has 1 aromatic heterocycles. The predicted octanol–water partition coefficient (Wildman–Crippen LogP) is 2.21. The summed E-state index contributed by atoms with van der Waals surface area (Å²) in [4.78, 5) is 13.9. The molecule has 0 aromatic carbocycles. The van der Waals surface area contributed by atoms with E-state index in [0.717, 1.165) is 18.5 Å². The van der Waals surface area contributed by atoms with Crippen LogP contribution in [0.3, 0.4) is 0 Å². The quantitative estimate of drug-likeness (QED) is 0.887. The van der Waals surface area contributed by atoms with Gasteiger partial charge in [0.15, 0.2) is 0 Å². The Morgan fingerprint density at radius 3 is 2.70 bits per heavy atom. The molecule has 1 amide bonds. The monoisotopic (exact) mass is 323 g/mol. The fraction of sp³-hybridized carbons (Fsp3) is 0.750. The molecule has 1 aromatic rings. The van der Waals surface area contributed by atoms with Crippen molar-refractivity contribution in [1.82, 2.24) is 14.7 Å². The normalized spacial score (nSPS) is 17.9. The van der Waals surface area contributed by atoms with Crippen molar-refractivity contribution in [2.75, 3.05) is 25.0 Å². The van der Waals surface area contributed by atoms with Gasteiger partial charge in [-0.3, -0.25) is 4.68 Å². The number of aromatic nitrogens is 2. The van der Waals surface area contributed by atoms with E-state index in [2.05, 4.69) is 10.4 Å². The zero-order chi connectivity index (χ0) is 17.0. The summed E-state index contributed by atoms with van der Waals surface area (Å²) in [6.45, 7) is 9.67. The van der Waals surface area contributed by atoms with Gasteiger partial charge in [0, 0.05) is 31.9 Å². The summed E-state index contributed by atoms with van der Waals surface area (Å²) in [5, 5.41) is 7.75. The molecule has 1 aliphatic rings. The van der Waals surface area contributed by atoms with Crippen LogP contribution in [0.1, 0.15) is 46.6 Å². The lowest BCUT2D eigenvalue weighted by molar-refractivity contribution is 0.0185. The van der Waals surface area contributed by atoms with E-state index in [-0.39, 0.29) is 12.1 Å². The molecule has 1 unspecified atom stereocenters. The second-order valence-electron chi connectivity index (χ2n) is 7.19. The summed E-state index contributed by atoms with van der Waals surface area (Å²) in [5.74, 6) is 0. The molecule has 0 bridgehead atoms. The van der Waals surface area contributed by atoms with Crippen LogP contribution in [0.15, 0.2) is 12.4 Å². The molecule has 130 valence electrons. The maximum atomic E-state index is 12.1. The Balaban J connectivity index is 1.86. The largest absolute Gasteiger partial charge is 0.444 e. The van der Waals surface area contributed by atoms with Crippen molar-refractivity contribution in [1.29, 1.82) is 0 Å². The zero-order valence-electron chi connectivity index (χ0n) is 14.6. The molecule has 7 nitrogen and oxygen atoms in total. The van der Waals surface area contributed by atoms with Crippen LogP contribution < -0.4 is 11.1 Å². The van der Waals surface area contributed by atoms with Gasteiger partial charge in [0.1, 0.15) is 5.60 Å². The maximum absolute atomic E-state index is 12.1. The van der Waals surface area contributed by atoms with Gasteiger partial charge >= 0.3 is 6.09 Å². The van der Waals surface area contributed by atoms with Crippen molar-refractivity contribution in [3.63, 3.8) is 0 Å². The Labute approximate surface area is 138 Å². The molecule has 0 saturated carbocycles. The number of amides is 1. The van der Waals surface area contributed by atoms with Crippen molar-refractivity contribution in [2.24, 2.45) is 5.73 Å². The standard InChI is InChI=1S/C16H29N5O2/c1-12(9-17)19-13-10-18-21(11-13)14-5-7-20(8-6-14)15(22)23-16(2,3)4/h10-12,14,19H,5-9,17H2,1-4H3. The van der Waals surface area contributed by atoms with Crippen molar-refractivity contribution in [2.45, 2.75) is 58.2 Å². The number of likely N-dealkylation sites (tertiary alicyclic amines) is 1. The highest BCUT2D eigenvalue weighted by Gasteiger charge is 2.27. The summed E-state index contributed by atoms with van der Waals surface area (Å²) < 4.78 is 7.41. The Morgan fingerprint density at radius 1 is 1.48 bits per heavy atom. The summed E-state index contributed by atoms with van der Waals surface area (Å²) in [6, 6.07) is 0.541. The minimum Gasteiger partial charge on any atom is -0.444 e. The summed E-state index contributed by atoms with van der Waals surface area (Å²) in [5.41, 5.74) is 6.15. The van der Waals surface area contributed by atoms with Crippen molar-refractivity contribution < 1.29 is 9.53 Å². The smallest absolute Gasteiger partial charge is 0.410 e. The lowest BCUT2D eigenvalue weighted by Gasteiger charge is -2.33. The summed E-state index contributed by atoms with van der Waals surface area (Å²) >= 11 is 0. The van der Waals surface area contributed by atoms with Crippen LogP contribution in [0.2, 0.25) is 0 Å². The highest BCUT2D eigenvalue weighted by atomic mass is 16.6. The Hall–Kier alpha value is -1.76. The molecule has 3 N–H and O–H groups in total. The number of ether oxygens (including phenoxy) is 1. The van der Waals surface area contributed by atoms with Gasteiger partial charge in [-0.15, -0.1) is 0 Å². The van der Waals surface area contributed by atoms with E-state index in [1.807, 2.05) is 44.8 Å². The first-order chi connectivity index (χ1) is 10.8. The average Bonchev–Trinajstić information content (AvgIpc) is 2.94. The molecule has 2 heterocycles. The first-order valence-electron chi connectivity index (χ1n) is 8.27. The van der Waals surface area contributed by atoms with Crippen molar-refractivity contribution in [3.05, 3.63) is 12.4 Å². The van der Waals surface area contributed by atoms with E-state index in [0.29, 0.717) is 25.7 Å². The number of hydrogen-bond donors (Lipinski definition) is 2. The number of rotatable bonds is 4. The molecule has 0 aliphatic carbocycles. The molecule has 0 radical (unpaired) electrons. The third kappa shape index (κ3) is 5.13. The molecule has 0 spiro atoms. The van der Waals surface area contributed by atoms with Gasteiger partial charge in [-0.2, -0.15) is 5.10 Å². The van der Waals surface area contributed by atoms with Crippen LogP contribution in [0.5, 0.6) is 0 Å².